The highest BCUT2D eigenvalue weighted by molar-refractivity contribution is 6.31. The Morgan fingerprint density at radius 1 is 1.29 bits per heavy atom. The molecule has 0 spiro atoms. The summed E-state index contributed by atoms with van der Waals surface area (Å²) in [7, 11) is 1.53. The summed E-state index contributed by atoms with van der Waals surface area (Å²) < 4.78 is 6.90. The molecule has 0 saturated heterocycles. The predicted octanol–water partition coefficient (Wildman–Crippen LogP) is 3.40. The normalized spacial score (nSPS) is 10.5. The average molecular weight is 306 g/mol. The third-order valence-electron chi connectivity index (χ3n) is 3.30. The highest BCUT2D eigenvalue weighted by atomic mass is 35.5. The lowest BCUT2D eigenvalue weighted by atomic mass is 9.97. The number of nitrogens with zero attached hydrogens (tertiary/aromatic N) is 1. The van der Waals surface area contributed by atoms with Crippen molar-refractivity contribution in [3.05, 3.63) is 51.4 Å². The number of aryl methyl sites for hydroxylation is 1. The minimum atomic E-state index is -0.150. The van der Waals surface area contributed by atoms with Gasteiger partial charge in [-0.3, -0.25) is 9.59 Å². The number of carbonyl (C=O) groups is 1. The second kappa shape index (κ2) is 6.14. The topological polar surface area (TPSA) is 48.3 Å². The van der Waals surface area contributed by atoms with Crippen LogP contribution in [0.1, 0.15) is 24.2 Å². The van der Waals surface area contributed by atoms with Gasteiger partial charge in [0.1, 0.15) is 5.75 Å². The number of pyridine rings is 1. The molecule has 0 saturated carbocycles. The maximum Gasteiger partial charge on any atom is 0.251 e. The van der Waals surface area contributed by atoms with Crippen LogP contribution in [0.25, 0.3) is 11.1 Å². The van der Waals surface area contributed by atoms with Gasteiger partial charge in [-0.25, -0.2) is 0 Å². The number of carbonyl (C=O) groups excluding carboxylic acids is 1. The Balaban J connectivity index is 2.77. The van der Waals surface area contributed by atoms with Gasteiger partial charge in [0.15, 0.2) is 5.78 Å². The highest BCUT2D eigenvalue weighted by Crippen LogP contribution is 2.33. The van der Waals surface area contributed by atoms with Gasteiger partial charge in [-0.1, -0.05) is 11.6 Å². The summed E-state index contributed by atoms with van der Waals surface area (Å²) in [6.07, 6.45) is 1.64. The Bertz CT molecular complexity index is 750. The molecule has 2 aromatic rings. The number of aromatic nitrogens is 1. The van der Waals surface area contributed by atoms with E-state index < -0.39 is 0 Å². The van der Waals surface area contributed by atoms with Crippen LogP contribution in [0.4, 0.5) is 0 Å². The molecule has 4 nitrogen and oxygen atoms in total. The van der Waals surface area contributed by atoms with E-state index in [1.165, 1.54) is 20.1 Å². The van der Waals surface area contributed by atoms with Gasteiger partial charge < -0.3 is 9.30 Å². The monoisotopic (exact) mass is 305 g/mol. The minimum Gasteiger partial charge on any atom is -0.495 e. The maximum atomic E-state index is 12.1. The van der Waals surface area contributed by atoms with Gasteiger partial charge in [-0.05, 0) is 37.6 Å². The SMILES string of the molecule is CCn1cc(OC)c(-c2cc(Cl)ccc2C(C)=O)cc1=O. The summed E-state index contributed by atoms with van der Waals surface area (Å²) in [5.74, 6) is 0.435. The van der Waals surface area contributed by atoms with Crippen molar-refractivity contribution in [2.45, 2.75) is 20.4 Å². The van der Waals surface area contributed by atoms with E-state index in [1.54, 1.807) is 29.0 Å². The van der Waals surface area contributed by atoms with Gasteiger partial charge >= 0.3 is 0 Å². The molecule has 1 aromatic carbocycles. The fourth-order valence-corrected chi connectivity index (χ4v) is 2.39. The second-order valence-corrected chi connectivity index (χ2v) is 5.06. The lowest BCUT2D eigenvalue weighted by molar-refractivity contribution is 0.101. The first-order valence-electron chi connectivity index (χ1n) is 6.57. The summed E-state index contributed by atoms with van der Waals surface area (Å²) in [4.78, 5) is 23.9. The highest BCUT2D eigenvalue weighted by Gasteiger charge is 2.15. The number of methoxy groups -OCH3 is 1. The van der Waals surface area contributed by atoms with Crippen molar-refractivity contribution < 1.29 is 9.53 Å². The van der Waals surface area contributed by atoms with Crippen molar-refractivity contribution in [3.8, 4) is 16.9 Å². The number of Topliss-reactive ketones (excluding diaryl/α,β-unsaturated/α-hetero) is 1. The number of rotatable bonds is 4. The van der Waals surface area contributed by atoms with E-state index in [0.29, 0.717) is 34.0 Å². The number of hydrogen-bond donors (Lipinski definition) is 0. The van der Waals surface area contributed by atoms with Crippen LogP contribution in [0.3, 0.4) is 0 Å². The van der Waals surface area contributed by atoms with Crippen molar-refractivity contribution >= 4 is 17.4 Å². The van der Waals surface area contributed by atoms with Crippen molar-refractivity contribution in [1.29, 1.82) is 0 Å². The van der Waals surface area contributed by atoms with Crippen LogP contribution in [0.5, 0.6) is 5.75 Å². The first-order valence-corrected chi connectivity index (χ1v) is 6.95. The van der Waals surface area contributed by atoms with Gasteiger partial charge in [0.2, 0.25) is 0 Å². The average Bonchev–Trinajstić information content (AvgIpc) is 2.46. The third-order valence-corrected chi connectivity index (χ3v) is 3.54. The molecule has 0 aliphatic rings. The number of benzene rings is 1. The standard InChI is InChI=1S/C16H16ClNO3/c1-4-18-9-15(21-3)14(8-16(18)20)13-7-11(17)5-6-12(13)10(2)19/h5-9H,4H2,1-3H3. The molecule has 0 amide bonds. The lowest BCUT2D eigenvalue weighted by Crippen LogP contribution is -2.18. The summed E-state index contributed by atoms with van der Waals surface area (Å²) in [6.45, 7) is 3.90. The van der Waals surface area contributed by atoms with Crippen LogP contribution in [-0.4, -0.2) is 17.5 Å². The molecule has 2 rings (SSSR count). The Morgan fingerprint density at radius 3 is 2.57 bits per heavy atom. The van der Waals surface area contributed by atoms with Gasteiger partial charge in [-0.15, -0.1) is 0 Å². The Labute approximate surface area is 127 Å². The Kier molecular flexibility index (Phi) is 4.48. The fraction of sp³-hybridized carbons (Fsp3) is 0.250. The molecule has 0 bridgehead atoms. The molecule has 0 aliphatic heterocycles. The molecule has 110 valence electrons. The van der Waals surface area contributed by atoms with E-state index in [4.69, 9.17) is 16.3 Å². The molecule has 21 heavy (non-hydrogen) atoms. The van der Waals surface area contributed by atoms with E-state index in [2.05, 4.69) is 0 Å². The van der Waals surface area contributed by atoms with E-state index in [9.17, 15) is 9.59 Å². The molecular weight excluding hydrogens is 290 g/mol. The first kappa shape index (κ1) is 15.3. The molecule has 0 radical (unpaired) electrons. The van der Waals surface area contributed by atoms with Crippen LogP contribution in [0, 0.1) is 0 Å². The molecular formula is C16H16ClNO3. The zero-order valence-corrected chi connectivity index (χ0v) is 12.9. The number of ether oxygens (including phenoxy) is 1. The molecule has 0 aliphatic carbocycles. The largest absolute Gasteiger partial charge is 0.495 e. The smallest absolute Gasteiger partial charge is 0.251 e. The molecule has 1 aromatic heterocycles. The van der Waals surface area contributed by atoms with E-state index in [1.807, 2.05) is 6.92 Å². The van der Waals surface area contributed by atoms with Crippen LogP contribution in [0.15, 0.2) is 35.3 Å². The molecule has 0 atom stereocenters. The van der Waals surface area contributed by atoms with E-state index in [0.717, 1.165) is 0 Å². The minimum absolute atomic E-state index is 0.0941. The van der Waals surface area contributed by atoms with E-state index >= 15 is 0 Å². The summed E-state index contributed by atoms with van der Waals surface area (Å²) in [5, 5.41) is 0.497. The van der Waals surface area contributed by atoms with Crippen molar-refractivity contribution in [2.24, 2.45) is 0 Å². The first-order chi connectivity index (χ1) is 9.97. The number of hydrogen-bond acceptors (Lipinski definition) is 3. The zero-order chi connectivity index (χ0) is 15.6. The summed E-state index contributed by atoms with van der Waals surface area (Å²) in [5.41, 5.74) is 1.53. The van der Waals surface area contributed by atoms with Gasteiger partial charge in [0.05, 0.1) is 7.11 Å². The van der Waals surface area contributed by atoms with Crippen LogP contribution in [-0.2, 0) is 6.54 Å². The van der Waals surface area contributed by atoms with Crippen molar-refractivity contribution in [3.63, 3.8) is 0 Å². The van der Waals surface area contributed by atoms with Gasteiger partial charge in [-0.2, -0.15) is 0 Å². The third kappa shape index (κ3) is 3.00. The maximum absolute atomic E-state index is 12.1. The summed E-state index contributed by atoms with van der Waals surface area (Å²) in [6, 6.07) is 6.46. The van der Waals surface area contributed by atoms with Crippen LogP contribution < -0.4 is 10.3 Å². The van der Waals surface area contributed by atoms with Gasteiger partial charge in [0, 0.05) is 35.0 Å². The lowest BCUT2D eigenvalue weighted by Gasteiger charge is -2.14. The Morgan fingerprint density at radius 2 is 2.00 bits per heavy atom. The molecule has 0 N–H and O–H groups in total. The van der Waals surface area contributed by atoms with Crippen LogP contribution >= 0.6 is 11.6 Å². The Hall–Kier alpha value is -2.07. The number of halogens is 1. The predicted molar refractivity (Wildman–Crippen MR) is 83.4 cm³/mol. The van der Waals surface area contributed by atoms with E-state index in [-0.39, 0.29) is 11.3 Å². The zero-order valence-electron chi connectivity index (χ0n) is 12.1. The van der Waals surface area contributed by atoms with Crippen molar-refractivity contribution in [1.82, 2.24) is 4.57 Å². The van der Waals surface area contributed by atoms with Crippen molar-refractivity contribution in [2.75, 3.05) is 7.11 Å². The number of ketones is 1. The molecule has 0 unspecified atom stereocenters. The quantitative estimate of drug-likeness (QED) is 0.813. The molecule has 1 heterocycles. The summed E-state index contributed by atoms with van der Waals surface area (Å²) >= 11 is 6.03. The molecule has 0 fully saturated rings. The fourth-order valence-electron chi connectivity index (χ4n) is 2.22. The molecule has 5 heteroatoms. The van der Waals surface area contributed by atoms with Gasteiger partial charge in [0.25, 0.3) is 5.56 Å². The van der Waals surface area contributed by atoms with Crippen LogP contribution in [0.2, 0.25) is 5.02 Å². The second-order valence-electron chi connectivity index (χ2n) is 4.63.